The molecule has 0 aromatic heterocycles. The minimum Gasteiger partial charge on any atom is -0.454 e. The van der Waals surface area contributed by atoms with Crippen molar-refractivity contribution in [1.82, 2.24) is 0 Å². The van der Waals surface area contributed by atoms with Crippen LogP contribution in [0.25, 0.3) is 0 Å². The Morgan fingerprint density at radius 3 is 2.47 bits per heavy atom. The molecule has 2 rings (SSSR count). The molecule has 0 aliphatic heterocycles. The molecule has 0 heterocycles. The molecular formula is C16H15FO2. The van der Waals surface area contributed by atoms with Gasteiger partial charge < -0.3 is 4.74 Å². The molecule has 0 bridgehead atoms. The number of aryl methyl sites for hydroxylation is 1. The van der Waals surface area contributed by atoms with Gasteiger partial charge in [0.2, 0.25) is 0 Å². The summed E-state index contributed by atoms with van der Waals surface area (Å²) in [7, 11) is 0. The van der Waals surface area contributed by atoms with Crippen LogP contribution in [0, 0.1) is 12.7 Å². The zero-order valence-corrected chi connectivity index (χ0v) is 10.9. The fourth-order valence-electron chi connectivity index (χ4n) is 1.87. The highest BCUT2D eigenvalue weighted by Gasteiger charge is 2.15. The van der Waals surface area contributed by atoms with Crippen LogP contribution in [0.5, 0.6) is 0 Å². The van der Waals surface area contributed by atoms with Crippen LogP contribution in [0.3, 0.4) is 0 Å². The third-order valence-corrected chi connectivity index (χ3v) is 2.96. The Morgan fingerprint density at radius 1 is 1.16 bits per heavy atom. The van der Waals surface area contributed by atoms with E-state index >= 15 is 0 Å². The second-order valence-electron chi connectivity index (χ2n) is 4.42. The number of ether oxygens (including phenoxy) is 1. The van der Waals surface area contributed by atoms with Crippen LogP contribution >= 0.6 is 0 Å². The molecule has 0 N–H and O–H groups in total. The van der Waals surface area contributed by atoms with Crippen molar-refractivity contribution in [2.75, 3.05) is 0 Å². The summed E-state index contributed by atoms with van der Waals surface area (Å²) in [6.07, 6.45) is -0.335. The van der Waals surface area contributed by atoms with Gasteiger partial charge in [-0.15, -0.1) is 0 Å². The first-order valence-electron chi connectivity index (χ1n) is 6.10. The molecule has 3 heteroatoms. The third kappa shape index (κ3) is 3.19. The molecule has 2 aromatic rings. The molecule has 1 unspecified atom stereocenters. The van der Waals surface area contributed by atoms with Gasteiger partial charge in [0.15, 0.2) is 0 Å². The van der Waals surface area contributed by atoms with Crippen LogP contribution in [0.2, 0.25) is 0 Å². The lowest BCUT2D eigenvalue weighted by Gasteiger charge is -2.14. The maximum absolute atomic E-state index is 13.0. The van der Waals surface area contributed by atoms with E-state index in [9.17, 15) is 9.18 Å². The molecule has 0 fully saturated rings. The molecule has 19 heavy (non-hydrogen) atoms. The molecule has 0 amide bonds. The van der Waals surface area contributed by atoms with E-state index in [1.54, 1.807) is 6.92 Å². The first-order chi connectivity index (χ1) is 9.08. The second kappa shape index (κ2) is 5.65. The maximum atomic E-state index is 13.0. The van der Waals surface area contributed by atoms with Crippen LogP contribution in [-0.2, 0) is 4.74 Å². The lowest BCUT2D eigenvalue weighted by atomic mass is 10.1. The SMILES string of the molecule is Cc1cc(F)ccc1C(=O)OC(C)c1ccccc1. The molecule has 0 radical (unpaired) electrons. The molecule has 2 nitrogen and oxygen atoms in total. The van der Waals surface area contributed by atoms with E-state index in [-0.39, 0.29) is 11.9 Å². The van der Waals surface area contributed by atoms with Crippen molar-refractivity contribution in [3.63, 3.8) is 0 Å². The number of carbonyl (C=O) groups is 1. The predicted molar refractivity (Wildman–Crippen MR) is 71.4 cm³/mol. The maximum Gasteiger partial charge on any atom is 0.338 e. The number of esters is 1. The fourth-order valence-corrected chi connectivity index (χ4v) is 1.87. The smallest absolute Gasteiger partial charge is 0.338 e. The van der Waals surface area contributed by atoms with Crippen molar-refractivity contribution >= 4 is 5.97 Å². The van der Waals surface area contributed by atoms with Crippen LogP contribution in [0.4, 0.5) is 4.39 Å². The Kier molecular flexibility index (Phi) is 3.95. The van der Waals surface area contributed by atoms with Crippen LogP contribution in [0.15, 0.2) is 48.5 Å². The van der Waals surface area contributed by atoms with E-state index in [0.29, 0.717) is 11.1 Å². The Bertz CT molecular complexity index is 579. The lowest BCUT2D eigenvalue weighted by Crippen LogP contribution is -2.10. The van der Waals surface area contributed by atoms with Gasteiger partial charge in [-0.2, -0.15) is 0 Å². The summed E-state index contributed by atoms with van der Waals surface area (Å²) in [6, 6.07) is 13.5. The molecule has 0 saturated heterocycles. The highest BCUT2D eigenvalue weighted by Crippen LogP contribution is 2.19. The Morgan fingerprint density at radius 2 is 1.84 bits per heavy atom. The van der Waals surface area contributed by atoms with Gasteiger partial charge in [-0.1, -0.05) is 30.3 Å². The van der Waals surface area contributed by atoms with Gasteiger partial charge in [-0.3, -0.25) is 0 Å². The summed E-state index contributed by atoms with van der Waals surface area (Å²) in [6.45, 7) is 3.50. The molecule has 0 saturated carbocycles. The first-order valence-corrected chi connectivity index (χ1v) is 6.10. The summed E-state index contributed by atoms with van der Waals surface area (Å²) in [4.78, 5) is 12.0. The topological polar surface area (TPSA) is 26.3 Å². The fraction of sp³-hybridized carbons (Fsp3) is 0.188. The number of rotatable bonds is 3. The number of hydrogen-bond donors (Lipinski definition) is 0. The van der Waals surface area contributed by atoms with Gasteiger partial charge >= 0.3 is 5.97 Å². The summed E-state index contributed by atoms with van der Waals surface area (Å²) in [5, 5.41) is 0. The average molecular weight is 258 g/mol. The number of benzene rings is 2. The summed E-state index contributed by atoms with van der Waals surface area (Å²) >= 11 is 0. The van der Waals surface area contributed by atoms with Crippen molar-refractivity contribution in [1.29, 1.82) is 0 Å². The largest absolute Gasteiger partial charge is 0.454 e. The zero-order valence-electron chi connectivity index (χ0n) is 10.9. The minimum absolute atomic E-state index is 0.335. The monoisotopic (exact) mass is 258 g/mol. The van der Waals surface area contributed by atoms with Crippen molar-refractivity contribution in [3.05, 3.63) is 71.0 Å². The lowest BCUT2D eigenvalue weighted by molar-refractivity contribution is 0.0337. The van der Waals surface area contributed by atoms with Crippen molar-refractivity contribution in [2.45, 2.75) is 20.0 Å². The van der Waals surface area contributed by atoms with Crippen molar-refractivity contribution in [2.24, 2.45) is 0 Å². The standard InChI is InChI=1S/C16H15FO2/c1-11-10-14(17)8-9-15(11)16(18)19-12(2)13-6-4-3-5-7-13/h3-10,12H,1-2H3. The van der Waals surface area contributed by atoms with E-state index in [0.717, 1.165) is 5.56 Å². The summed E-state index contributed by atoms with van der Waals surface area (Å²) in [5.74, 6) is -0.793. The van der Waals surface area contributed by atoms with E-state index < -0.39 is 5.97 Å². The van der Waals surface area contributed by atoms with Crippen LogP contribution < -0.4 is 0 Å². The van der Waals surface area contributed by atoms with Gasteiger partial charge in [0.25, 0.3) is 0 Å². The third-order valence-electron chi connectivity index (χ3n) is 2.96. The van der Waals surface area contributed by atoms with Crippen LogP contribution in [0.1, 0.15) is 34.5 Å². The highest BCUT2D eigenvalue weighted by atomic mass is 19.1. The number of carbonyl (C=O) groups excluding carboxylic acids is 1. The molecule has 0 aliphatic carbocycles. The number of halogens is 1. The molecule has 0 aliphatic rings. The quantitative estimate of drug-likeness (QED) is 0.776. The van der Waals surface area contributed by atoms with E-state index in [1.807, 2.05) is 37.3 Å². The molecule has 1 atom stereocenters. The van der Waals surface area contributed by atoms with Gasteiger partial charge in [-0.05, 0) is 43.2 Å². The van der Waals surface area contributed by atoms with E-state index in [4.69, 9.17) is 4.74 Å². The highest BCUT2D eigenvalue weighted by molar-refractivity contribution is 5.91. The normalized spacial score (nSPS) is 11.9. The van der Waals surface area contributed by atoms with Gasteiger partial charge in [0.05, 0.1) is 5.56 Å². The molecule has 2 aromatic carbocycles. The first kappa shape index (κ1) is 13.3. The van der Waals surface area contributed by atoms with E-state index in [1.165, 1.54) is 18.2 Å². The number of hydrogen-bond acceptors (Lipinski definition) is 2. The van der Waals surface area contributed by atoms with Crippen molar-refractivity contribution in [3.8, 4) is 0 Å². The Labute approximate surface area is 111 Å². The summed E-state index contributed by atoms with van der Waals surface area (Å²) < 4.78 is 18.4. The van der Waals surface area contributed by atoms with Gasteiger partial charge in [0.1, 0.15) is 11.9 Å². The molecule has 98 valence electrons. The van der Waals surface area contributed by atoms with Crippen LogP contribution in [-0.4, -0.2) is 5.97 Å². The Hall–Kier alpha value is -2.16. The van der Waals surface area contributed by atoms with E-state index in [2.05, 4.69) is 0 Å². The average Bonchev–Trinajstić information content (AvgIpc) is 2.39. The molecular weight excluding hydrogens is 243 g/mol. The predicted octanol–water partition coefficient (Wildman–Crippen LogP) is 4.05. The minimum atomic E-state index is -0.436. The van der Waals surface area contributed by atoms with Gasteiger partial charge in [0, 0.05) is 0 Å². The second-order valence-corrected chi connectivity index (χ2v) is 4.42. The molecule has 0 spiro atoms. The summed E-state index contributed by atoms with van der Waals surface area (Å²) in [5.41, 5.74) is 1.89. The van der Waals surface area contributed by atoms with Gasteiger partial charge in [-0.25, -0.2) is 9.18 Å². The zero-order chi connectivity index (χ0) is 13.8. The van der Waals surface area contributed by atoms with Crippen molar-refractivity contribution < 1.29 is 13.9 Å². The Balaban J connectivity index is 2.13.